The second-order valence-corrected chi connectivity index (χ2v) is 25.8. The van der Waals surface area contributed by atoms with E-state index in [1.54, 1.807) is 11.3 Å². The number of aromatic nitrogens is 2. The number of alkyl carbamates (subject to hydrolysis) is 1. The van der Waals surface area contributed by atoms with E-state index >= 15 is 0 Å². The smallest absolute Gasteiger partial charge is 0.407 e. The highest BCUT2D eigenvalue weighted by atomic mass is 32.1. The molecule has 3 fully saturated rings. The Hall–Kier alpha value is -4.48. The molecule has 3 aromatic heterocycles. The fraction of sp³-hybridized carbons (Fsp3) is 0.510. The minimum atomic E-state index is -1.64. The van der Waals surface area contributed by atoms with Gasteiger partial charge in [0, 0.05) is 63.8 Å². The lowest BCUT2D eigenvalue weighted by Crippen LogP contribution is -2.47. The second kappa shape index (κ2) is 16.4. The molecule has 9 nitrogen and oxygen atoms in total. The fourth-order valence-electron chi connectivity index (χ4n) is 10.4. The summed E-state index contributed by atoms with van der Waals surface area (Å²) in [5.74, 6) is 0.434. The summed E-state index contributed by atoms with van der Waals surface area (Å²) in [6.07, 6.45) is 6.07. The molecule has 8 rings (SSSR count). The first-order valence-corrected chi connectivity index (χ1v) is 26.4. The van der Waals surface area contributed by atoms with Gasteiger partial charge in [0.15, 0.2) is 5.78 Å². The third kappa shape index (κ3) is 8.28. The highest BCUT2D eigenvalue weighted by Gasteiger charge is 2.56. The Labute approximate surface area is 359 Å². The van der Waals surface area contributed by atoms with Crippen LogP contribution >= 0.6 is 11.3 Å². The average Bonchev–Trinajstić information content (AvgIpc) is 3.82. The van der Waals surface area contributed by atoms with Crippen LogP contribution in [-0.4, -0.2) is 65.8 Å². The molecular formula is C49H62N4O5SSi. The SMILES string of the molecule is CCC(=O)CC[C@H](C(=O)N1C[Si](C)(C)C[C@H]1c1ccc(-c2ccc(-c3ccc4c(ccc5cc([C@@H]6CC7(CC7)CC6C(=O)[C@@H](NC(=O)OC)C(C)C)[nH]c54)c3)s2)[nH]1)C(C)C. The van der Waals surface area contributed by atoms with E-state index in [9.17, 15) is 19.2 Å². The molecule has 318 valence electrons. The Kier molecular flexibility index (Phi) is 11.6. The van der Waals surface area contributed by atoms with Crippen molar-refractivity contribution in [3.63, 3.8) is 0 Å². The van der Waals surface area contributed by atoms with Gasteiger partial charge in [0.1, 0.15) is 5.78 Å². The van der Waals surface area contributed by atoms with Crippen molar-refractivity contribution in [2.45, 2.75) is 117 Å². The number of carbonyl (C=O) groups excluding carboxylic acids is 4. The Morgan fingerprint density at radius 3 is 2.35 bits per heavy atom. The van der Waals surface area contributed by atoms with Gasteiger partial charge in [-0.05, 0) is 103 Å². The van der Waals surface area contributed by atoms with Gasteiger partial charge in [-0.1, -0.05) is 72.0 Å². The number of carbonyl (C=O) groups is 4. The number of nitrogens with zero attached hydrogens (tertiary/aromatic N) is 1. The number of aromatic amines is 2. The van der Waals surface area contributed by atoms with Crippen LogP contribution in [0.4, 0.5) is 4.79 Å². The number of hydrogen-bond donors (Lipinski definition) is 3. The number of Topliss-reactive ketones (excluding diaryl/α,β-unsaturated/α-hetero) is 2. The summed E-state index contributed by atoms with van der Waals surface area (Å²) >= 11 is 1.76. The fourth-order valence-corrected chi connectivity index (χ4v) is 14.3. The number of fused-ring (bicyclic) bond motifs is 3. The van der Waals surface area contributed by atoms with Gasteiger partial charge in [-0.25, -0.2) is 4.79 Å². The molecule has 2 aromatic carbocycles. The van der Waals surface area contributed by atoms with Crippen LogP contribution in [0, 0.1) is 29.1 Å². The highest BCUT2D eigenvalue weighted by molar-refractivity contribution is 7.18. The minimum absolute atomic E-state index is 0.0247. The Morgan fingerprint density at radius 1 is 0.900 bits per heavy atom. The summed E-state index contributed by atoms with van der Waals surface area (Å²) in [5.41, 5.74) is 5.75. The van der Waals surface area contributed by atoms with E-state index in [0.717, 1.165) is 87.1 Å². The lowest BCUT2D eigenvalue weighted by atomic mass is 9.83. The van der Waals surface area contributed by atoms with Crippen LogP contribution in [0.15, 0.2) is 60.7 Å². The van der Waals surface area contributed by atoms with Crippen molar-refractivity contribution in [1.29, 1.82) is 0 Å². The zero-order valence-electron chi connectivity index (χ0n) is 36.6. The zero-order valence-corrected chi connectivity index (χ0v) is 38.4. The summed E-state index contributed by atoms with van der Waals surface area (Å²) in [5, 5.41) is 6.29. The zero-order chi connectivity index (χ0) is 42.7. The normalized spacial score (nSPS) is 21.6. The first-order valence-electron chi connectivity index (χ1n) is 22.1. The number of nitrogens with one attached hydrogen (secondary N) is 3. The van der Waals surface area contributed by atoms with Gasteiger partial charge in [-0.15, -0.1) is 11.3 Å². The van der Waals surface area contributed by atoms with Gasteiger partial charge in [0.2, 0.25) is 5.91 Å². The molecule has 1 saturated heterocycles. The molecule has 1 unspecified atom stereocenters. The van der Waals surface area contributed by atoms with Crippen LogP contribution in [0.1, 0.15) is 103 Å². The van der Waals surface area contributed by atoms with Crippen LogP contribution in [0.5, 0.6) is 0 Å². The summed E-state index contributed by atoms with van der Waals surface area (Å²) in [6, 6.07) is 22.5. The van der Waals surface area contributed by atoms with E-state index in [2.05, 4.69) is 108 Å². The van der Waals surface area contributed by atoms with Crippen LogP contribution < -0.4 is 5.32 Å². The number of methoxy groups -OCH3 is 1. The molecule has 60 heavy (non-hydrogen) atoms. The van der Waals surface area contributed by atoms with E-state index < -0.39 is 20.2 Å². The molecule has 11 heteroatoms. The molecule has 1 spiro atoms. The Morgan fingerprint density at radius 2 is 1.65 bits per heavy atom. The predicted molar refractivity (Wildman–Crippen MR) is 245 cm³/mol. The monoisotopic (exact) mass is 846 g/mol. The first kappa shape index (κ1) is 42.2. The molecule has 3 aliphatic rings. The third-order valence-corrected chi connectivity index (χ3v) is 17.9. The van der Waals surface area contributed by atoms with E-state index in [4.69, 9.17) is 4.74 Å². The number of amides is 2. The lowest BCUT2D eigenvalue weighted by molar-refractivity contribution is -0.138. The third-order valence-electron chi connectivity index (χ3n) is 14.1. The molecule has 2 aliphatic carbocycles. The van der Waals surface area contributed by atoms with Crippen molar-refractivity contribution >= 4 is 64.7 Å². The van der Waals surface area contributed by atoms with E-state index in [-0.39, 0.29) is 58.5 Å². The average molecular weight is 847 g/mol. The van der Waals surface area contributed by atoms with Crippen molar-refractivity contribution < 1.29 is 23.9 Å². The largest absolute Gasteiger partial charge is 0.453 e. The summed E-state index contributed by atoms with van der Waals surface area (Å²) in [7, 11) is -0.298. The molecule has 1 aliphatic heterocycles. The molecule has 4 heterocycles. The summed E-state index contributed by atoms with van der Waals surface area (Å²) in [4.78, 5) is 64.7. The van der Waals surface area contributed by atoms with Crippen LogP contribution in [0.3, 0.4) is 0 Å². The standard InChI is InChI=1S/C49H62N4O5SSi/c1-9-33(54)13-15-34(28(2)3)47(56)53-27-60(7,8)26-41(53)38-16-17-39(50-38)43-19-18-42(59-43)31-12-14-35-30(22-31)10-11-32-23-40(51-45(32)35)36-24-49(20-21-49)25-37(36)46(55)44(29(4)5)52-48(57)58-6/h10-12,14,16-19,22-23,28-29,34,36-37,41,44,50-51H,9,13,15,20-21,24-27H2,1-8H3,(H,52,57)/t34-,36+,37?,41-,44-/m0/s1. The second-order valence-electron chi connectivity index (χ2n) is 19.7. The predicted octanol–water partition coefficient (Wildman–Crippen LogP) is 11.4. The number of H-pyrrole nitrogens is 2. The van der Waals surface area contributed by atoms with Crippen molar-refractivity contribution in [3.05, 3.63) is 72.1 Å². The van der Waals surface area contributed by atoms with E-state index in [0.29, 0.717) is 19.3 Å². The molecule has 2 amide bonds. The maximum absolute atomic E-state index is 14.2. The molecule has 0 bridgehead atoms. The van der Waals surface area contributed by atoms with Gasteiger partial charge >= 0.3 is 6.09 Å². The number of ketones is 2. The molecular weight excluding hydrogens is 785 g/mol. The van der Waals surface area contributed by atoms with Crippen molar-refractivity contribution in [3.8, 4) is 21.0 Å². The number of thiophene rings is 1. The lowest BCUT2D eigenvalue weighted by Gasteiger charge is -2.31. The maximum atomic E-state index is 14.2. The van der Waals surface area contributed by atoms with Crippen LogP contribution in [0.25, 0.3) is 42.7 Å². The number of benzene rings is 2. The van der Waals surface area contributed by atoms with Gasteiger partial charge < -0.3 is 24.9 Å². The van der Waals surface area contributed by atoms with Gasteiger partial charge in [-0.3, -0.25) is 14.4 Å². The molecule has 2 saturated carbocycles. The van der Waals surface area contributed by atoms with Crippen LogP contribution in [0.2, 0.25) is 19.1 Å². The molecule has 5 atom stereocenters. The summed E-state index contributed by atoms with van der Waals surface area (Å²) < 4.78 is 4.88. The van der Waals surface area contributed by atoms with Crippen molar-refractivity contribution in [2.24, 2.45) is 29.1 Å². The van der Waals surface area contributed by atoms with Crippen molar-refractivity contribution in [2.75, 3.05) is 13.3 Å². The molecule has 5 aromatic rings. The molecule has 3 N–H and O–H groups in total. The molecule has 0 radical (unpaired) electrons. The summed E-state index contributed by atoms with van der Waals surface area (Å²) in [6.45, 7) is 14.8. The van der Waals surface area contributed by atoms with E-state index in [1.807, 2.05) is 20.8 Å². The number of ether oxygens (including phenoxy) is 1. The topological polar surface area (TPSA) is 124 Å². The Balaban J connectivity index is 1.02. The van der Waals surface area contributed by atoms with Gasteiger partial charge in [0.25, 0.3) is 0 Å². The first-order chi connectivity index (χ1) is 28.6. The van der Waals surface area contributed by atoms with Gasteiger partial charge in [0.05, 0.1) is 43.4 Å². The quantitative estimate of drug-likeness (QED) is 0.0960. The van der Waals surface area contributed by atoms with Crippen molar-refractivity contribution in [1.82, 2.24) is 20.2 Å². The van der Waals surface area contributed by atoms with E-state index in [1.165, 1.54) is 12.0 Å². The maximum Gasteiger partial charge on any atom is 0.407 e. The highest BCUT2D eigenvalue weighted by Crippen LogP contribution is 2.64. The number of rotatable bonds is 14. The van der Waals surface area contributed by atoms with Gasteiger partial charge in [-0.2, -0.15) is 0 Å². The number of hydrogen-bond acceptors (Lipinski definition) is 6. The Bertz CT molecular complexity index is 2440. The minimum Gasteiger partial charge on any atom is -0.453 e. The van der Waals surface area contributed by atoms with Crippen LogP contribution in [-0.2, 0) is 19.1 Å².